The number of hydrogen-bond acceptors (Lipinski definition) is 5. The zero-order valence-corrected chi connectivity index (χ0v) is 8.86. The van der Waals surface area contributed by atoms with Gasteiger partial charge in [0.05, 0.1) is 25.5 Å². The summed E-state index contributed by atoms with van der Waals surface area (Å²) in [5.74, 6) is 0.683. The topological polar surface area (TPSA) is 80.4 Å². The number of aromatic nitrogens is 1. The molecule has 0 aliphatic heterocycles. The van der Waals surface area contributed by atoms with Gasteiger partial charge in [0.25, 0.3) is 0 Å². The van der Waals surface area contributed by atoms with E-state index in [1.807, 2.05) is 19.1 Å². The minimum atomic E-state index is 0.0465. The second-order valence-corrected chi connectivity index (χ2v) is 3.15. The minimum absolute atomic E-state index is 0.0465. The molecule has 15 heavy (non-hydrogen) atoms. The zero-order chi connectivity index (χ0) is 11.1. The zero-order valence-electron chi connectivity index (χ0n) is 8.86. The molecule has 4 N–H and O–H groups in total. The number of nitrogens with one attached hydrogen (secondary N) is 1. The summed E-state index contributed by atoms with van der Waals surface area (Å²) >= 11 is 0. The van der Waals surface area contributed by atoms with Crippen molar-refractivity contribution in [1.29, 1.82) is 0 Å². The van der Waals surface area contributed by atoms with Crippen molar-refractivity contribution in [1.82, 2.24) is 4.98 Å². The van der Waals surface area contributed by atoms with Gasteiger partial charge in [-0.25, -0.2) is 4.98 Å². The van der Waals surface area contributed by atoms with Gasteiger partial charge in [-0.1, -0.05) is 0 Å². The van der Waals surface area contributed by atoms with E-state index in [9.17, 15) is 0 Å². The summed E-state index contributed by atoms with van der Waals surface area (Å²) in [5.41, 5.74) is 7.27. The monoisotopic (exact) mass is 211 g/mol. The van der Waals surface area contributed by atoms with Crippen molar-refractivity contribution in [3.8, 4) is 0 Å². The first-order chi connectivity index (χ1) is 7.24. The number of nitrogens with two attached hydrogens (primary N) is 1. The lowest BCUT2D eigenvalue weighted by Gasteiger charge is -2.08. The van der Waals surface area contributed by atoms with Gasteiger partial charge in [0, 0.05) is 12.2 Å². The third kappa shape index (κ3) is 4.14. The number of anilines is 2. The van der Waals surface area contributed by atoms with Gasteiger partial charge in [-0.15, -0.1) is 0 Å². The van der Waals surface area contributed by atoms with Crippen molar-refractivity contribution >= 4 is 11.5 Å². The standard InChI is InChI=1S/C10H17N3O2/c1-8-2-3-9(11)10(13-8)12-4-6-15-7-5-14/h2-3,14H,4-7,11H2,1H3,(H,12,13). The van der Waals surface area contributed by atoms with Crippen LogP contribution in [0.4, 0.5) is 11.5 Å². The molecule has 0 saturated heterocycles. The molecular weight excluding hydrogens is 194 g/mol. The van der Waals surface area contributed by atoms with Crippen LogP contribution < -0.4 is 11.1 Å². The Bertz CT molecular complexity index is 305. The summed E-state index contributed by atoms with van der Waals surface area (Å²) < 4.78 is 5.09. The number of rotatable bonds is 6. The third-order valence-electron chi connectivity index (χ3n) is 1.84. The fourth-order valence-electron chi connectivity index (χ4n) is 1.12. The van der Waals surface area contributed by atoms with Crippen LogP contribution in [0.15, 0.2) is 12.1 Å². The number of pyridine rings is 1. The molecule has 0 atom stereocenters. The van der Waals surface area contributed by atoms with Crippen LogP contribution in [0.5, 0.6) is 0 Å². The molecular formula is C10H17N3O2. The van der Waals surface area contributed by atoms with Crippen molar-refractivity contribution in [2.24, 2.45) is 0 Å². The molecule has 0 unspecified atom stereocenters. The summed E-state index contributed by atoms with van der Waals surface area (Å²) in [5, 5.41) is 11.6. The van der Waals surface area contributed by atoms with Crippen molar-refractivity contribution < 1.29 is 9.84 Å². The largest absolute Gasteiger partial charge is 0.396 e. The normalized spacial score (nSPS) is 10.3. The van der Waals surface area contributed by atoms with Gasteiger partial charge in [0.2, 0.25) is 0 Å². The predicted molar refractivity (Wildman–Crippen MR) is 59.8 cm³/mol. The van der Waals surface area contributed by atoms with E-state index in [0.29, 0.717) is 31.3 Å². The van der Waals surface area contributed by atoms with Crippen LogP contribution in [0.25, 0.3) is 0 Å². The van der Waals surface area contributed by atoms with E-state index in [0.717, 1.165) is 5.69 Å². The van der Waals surface area contributed by atoms with Gasteiger partial charge < -0.3 is 20.9 Å². The van der Waals surface area contributed by atoms with Crippen molar-refractivity contribution in [2.45, 2.75) is 6.92 Å². The summed E-state index contributed by atoms with van der Waals surface area (Å²) in [6.45, 7) is 3.46. The highest BCUT2D eigenvalue weighted by Gasteiger charge is 1.99. The van der Waals surface area contributed by atoms with Crippen LogP contribution in [-0.2, 0) is 4.74 Å². The predicted octanol–water partition coefficient (Wildman–Crippen LogP) is 0.393. The van der Waals surface area contributed by atoms with Gasteiger partial charge in [0.1, 0.15) is 5.82 Å². The number of aliphatic hydroxyl groups is 1. The van der Waals surface area contributed by atoms with Gasteiger partial charge in [-0.2, -0.15) is 0 Å². The summed E-state index contributed by atoms with van der Waals surface area (Å²) in [7, 11) is 0. The van der Waals surface area contributed by atoms with Crippen molar-refractivity contribution in [3.05, 3.63) is 17.8 Å². The molecule has 84 valence electrons. The Balaban J connectivity index is 2.33. The second-order valence-electron chi connectivity index (χ2n) is 3.15. The molecule has 0 saturated carbocycles. The van der Waals surface area contributed by atoms with E-state index in [-0.39, 0.29) is 6.61 Å². The molecule has 0 radical (unpaired) electrons. The highest BCUT2D eigenvalue weighted by molar-refractivity contribution is 5.61. The third-order valence-corrected chi connectivity index (χ3v) is 1.84. The Morgan fingerprint density at radius 3 is 3.00 bits per heavy atom. The van der Waals surface area contributed by atoms with Gasteiger partial charge >= 0.3 is 0 Å². The molecule has 1 aromatic heterocycles. The lowest BCUT2D eigenvalue weighted by molar-refractivity contribution is 0.0992. The second kappa shape index (κ2) is 6.21. The highest BCUT2D eigenvalue weighted by atomic mass is 16.5. The van der Waals surface area contributed by atoms with E-state index in [2.05, 4.69) is 10.3 Å². The molecule has 1 heterocycles. The Hall–Kier alpha value is -1.33. The lowest BCUT2D eigenvalue weighted by Crippen LogP contribution is -2.13. The molecule has 5 heteroatoms. The number of aliphatic hydroxyl groups excluding tert-OH is 1. The minimum Gasteiger partial charge on any atom is -0.396 e. The number of ether oxygens (including phenoxy) is 1. The Labute approximate surface area is 89.3 Å². The van der Waals surface area contributed by atoms with Crippen molar-refractivity contribution in [3.63, 3.8) is 0 Å². The average Bonchev–Trinajstić information content (AvgIpc) is 2.23. The molecule has 1 aromatic rings. The maximum atomic E-state index is 8.49. The molecule has 0 aliphatic rings. The van der Waals surface area contributed by atoms with Crippen LogP contribution in [0.3, 0.4) is 0 Å². The van der Waals surface area contributed by atoms with E-state index >= 15 is 0 Å². The van der Waals surface area contributed by atoms with E-state index < -0.39 is 0 Å². The van der Waals surface area contributed by atoms with Gasteiger partial charge in [-0.05, 0) is 19.1 Å². The maximum Gasteiger partial charge on any atom is 0.149 e. The number of aryl methyl sites for hydroxylation is 1. The fourth-order valence-corrected chi connectivity index (χ4v) is 1.12. The number of nitrogen functional groups attached to an aromatic ring is 1. The lowest BCUT2D eigenvalue weighted by atomic mass is 10.3. The first-order valence-electron chi connectivity index (χ1n) is 4.89. The molecule has 5 nitrogen and oxygen atoms in total. The summed E-state index contributed by atoms with van der Waals surface area (Å²) in [4.78, 5) is 4.25. The molecule has 0 aromatic carbocycles. The fraction of sp³-hybridized carbons (Fsp3) is 0.500. The molecule has 0 fully saturated rings. The van der Waals surface area contributed by atoms with Crippen LogP contribution >= 0.6 is 0 Å². The summed E-state index contributed by atoms with van der Waals surface area (Å²) in [6.07, 6.45) is 0. The average molecular weight is 211 g/mol. The Morgan fingerprint density at radius 1 is 1.47 bits per heavy atom. The smallest absolute Gasteiger partial charge is 0.149 e. The first kappa shape index (κ1) is 11.7. The van der Waals surface area contributed by atoms with Crippen LogP contribution in [0.2, 0.25) is 0 Å². The van der Waals surface area contributed by atoms with Gasteiger partial charge in [0.15, 0.2) is 0 Å². The van der Waals surface area contributed by atoms with Crippen molar-refractivity contribution in [2.75, 3.05) is 37.4 Å². The van der Waals surface area contributed by atoms with Crippen LogP contribution in [0, 0.1) is 6.92 Å². The van der Waals surface area contributed by atoms with Crippen LogP contribution in [-0.4, -0.2) is 36.5 Å². The molecule has 0 aliphatic carbocycles. The van der Waals surface area contributed by atoms with E-state index in [4.69, 9.17) is 15.6 Å². The Morgan fingerprint density at radius 2 is 2.27 bits per heavy atom. The number of hydrogen-bond donors (Lipinski definition) is 3. The highest BCUT2D eigenvalue weighted by Crippen LogP contribution is 2.14. The SMILES string of the molecule is Cc1ccc(N)c(NCCOCCO)n1. The quantitative estimate of drug-likeness (QED) is 0.593. The first-order valence-corrected chi connectivity index (χ1v) is 4.89. The maximum absolute atomic E-state index is 8.49. The Kier molecular flexibility index (Phi) is 4.86. The molecule has 0 bridgehead atoms. The molecule has 0 spiro atoms. The number of nitrogens with zero attached hydrogens (tertiary/aromatic N) is 1. The van der Waals surface area contributed by atoms with Gasteiger partial charge in [-0.3, -0.25) is 0 Å². The molecule has 1 rings (SSSR count). The molecule has 0 amide bonds. The van der Waals surface area contributed by atoms with E-state index in [1.54, 1.807) is 0 Å². The van der Waals surface area contributed by atoms with E-state index in [1.165, 1.54) is 0 Å². The van der Waals surface area contributed by atoms with Crippen LogP contribution in [0.1, 0.15) is 5.69 Å². The summed E-state index contributed by atoms with van der Waals surface area (Å²) in [6, 6.07) is 3.68.